The molecular weight excluding hydrogens is 318 g/mol. The number of hydrogen-bond acceptors (Lipinski definition) is 5. The first kappa shape index (κ1) is 17.5. The van der Waals surface area contributed by atoms with Gasteiger partial charge in [-0.25, -0.2) is 13.2 Å². The van der Waals surface area contributed by atoms with Crippen LogP contribution in [0.15, 0.2) is 24.3 Å². The van der Waals surface area contributed by atoms with Crippen molar-refractivity contribution in [3.8, 4) is 0 Å². The van der Waals surface area contributed by atoms with Gasteiger partial charge < -0.3 is 10.1 Å². The van der Waals surface area contributed by atoms with Crippen LogP contribution in [0.1, 0.15) is 36.5 Å². The van der Waals surface area contributed by atoms with Crippen molar-refractivity contribution >= 4 is 27.4 Å². The summed E-state index contributed by atoms with van der Waals surface area (Å²) in [5.41, 5.74) is 0.723. The number of para-hydroxylation sites is 1. The molecule has 0 bridgehead atoms. The molecule has 1 fully saturated rings. The predicted octanol–water partition coefficient (Wildman–Crippen LogP) is 2.02. The summed E-state index contributed by atoms with van der Waals surface area (Å²) in [5, 5.41) is 2.71. The highest BCUT2D eigenvalue weighted by molar-refractivity contribution is 7.91. The maximum Gasteiger partial charge on any atom is 0.340 e. The van der Waals surface area contributed by atoms with Gasteiger partial charge in [-0.15, -0.1) is 0 Å². The molecule has 6 nitrogen and oxygen atoms in total. The largest absolute Gasteiger partial charge is 0.462 e. The molecule has 1 heterocycles. The van der Waals surface area contributed by atoms with Crippen LogP contribution in [0.3, 0.4) is 0 Å². The zero-order chi connectivity index (χ0) is 16.9. The van der Waals surface area contributed by atoms with Gasteiger partial charge >= 0.3 is 5.97 Å². The van der Waals surface area contributed by atoms with E-state index in [1.807, 2.05) is 0 Å². The number of rotatable bonds is 6. The second-order valence-corrected chi connectivity index (χ2v) is 7.85. The van der Waals surface area contributed by atoms with Crippen molar-refractivity contribution < 1.29 is 22.7 Å². The highest BCUT2D eigenvalue weighted by Gasteiger charge is 2.28. The zero-order valence-corrected chi connectivity index (χ0v) is 13.9. The standard InChI is InChI=1S/C16H21NO5S/c1-2-22-16(19)13-5-3-4-6-14(13)17-15(18)8-7-12-9-10-23(20,21)11-12/h3-6,12H,2,7-11H2,1H3,(H,17,18). The maximum absolute atomic E-state index is 12.1. The van der Waals surface area contributed by atoms with Gasteiger partial charge in [0.15, 0.2) is 9.84 Å². The molecule has 0 saturated carbocycles. The Labute approximate surface area is 136 Å². The third-order valence-corrected chi connectivity index (χ3v) is 5.64. The van der Waals surface area contributed by atoms with Crippen molar-refractivity contribution in [1.29, 1.82) is 0 Å². The summed E-state index contributed by atoms with van der Waals surface area (Å²) < 4.78 is 27.8. The molecule has 1 aromatic rings. The Hall–Kier alpha value is -1.89. The summed E-state index contributed by atoms with van der Waals surface area (Å²) in [6, 6.07) is 6.66. The van der Waals surface area contributed by atoms with E-state index in [0.717, 1.165) is 0 Å². The maximum atomic E-state index is 12.1. The van der Waals surface area contributed by atoms with Gasteiger partial charge in [0.2, 0.25) is 5.91 Å². The number of carbonyl (C=O) groups excluding carboxylic acids is 2. The molecule has 126 valence electrons. The molecule has 0 spiro atoms. The lowest BCUT2D eigenvalue weighted by atomic mass is 10.0. The van der Waals surface area contributed by atoms with E-state index in [4.69, 9.17) is 4.74 Å². The summed E-state index contributed by atoms with van der Waals surface area (Å²) in [6.07, 6.45) is 1.39. The van der Waals surface area contributed by atoms with Crippen molar-refractivity contribution in [3.63, 3.8) is 0 Å². The summed E-state index contributed by atoms with van der Waals surface area (Å²) in [4.78, 5) is 23.9. The first-order chi connectivity index (χ1) is 10.9. The number of amides is 1. The molecule has 1 unspecified atom stereocenters. The van der Waals surface area contributed by atoms with E-state index in [9.17, 15) is 18.0 Å². The Morgan fingerprint density at radius 1 is 1.30 bits per heavy atom. The van der Waals surface area contributed by atoms with Gasteiger partial charge in [0.25, 0.3) is 0 Å². The molecule has 0 aromatic heterocycles. The SMILES string of the molecule is CCOC(=O)c1ccccc1NC(=O)CCC1CCS(=O)(=O)C1. The average molecular weight is 339 g/mol. The van der Waals surface area contributed by atoms with Gasteiger partial charge in [0.1, 0.15) is 0 Å². The summed E-state index contributed by atoms with van der Waals surface area (Å²) in [5.74, 6) is -0.285. The molecule has 0 aliphatic carbocycles. The van der Waals surface area contributed by atoms with E-state index in [-0.39, 0.29) is 36.4 Å². The molecule has 1 amide bonds. The number of ether oxygens (including phenoxy) is 1. The van der Waals surface area contributed by atoms with Crippen LogP contribution >= 0.6 is 0 Å². The third kappa shape index (κ3) is 5.06. The number of benzene rings is 1. The van der Waals surface area contributed by atoms with E-state index >= 15 is 0 Å². The highest BCUT2D eigenvalue weighted by atomic mass is 32.2. The summed E-state index contributed by atoms with van der Waals surface area (Å²) in [6.45, 7) is 1.98. The lowest BCUT2D eigenvalue weighted by molar-refractivity contribution is -0.116. The van der Waals surface area contributed by atoms with Crippen LogP contribution in [0.4, 0.5) is 5.69 Å². The van der Waals surface area contributed by atoms with E-state index in [0.29, 0.717) is 24.1 Å². The van der Waals surface area contributed by atoms with Crippen molar-refractivity contribution in [2.75, 3.05) is 23.4 Å². The molecule has 23 heavy (non-hydrogen) atoms. The fraction of sp³-hybridized carbons (Fsp3) is 0.500. The van der Waals surface area contributed by atoms with E-state index in [1.54, 1.807) is 31.2 Å². The summed E-state index contributed by atoms with van der Waals surface area (Å²) in [7, 11) is -2.92. The van der Waals surface area contributed by atoms with Crippen molar-refractivity contribution in [3.05, 3.63) is 29.8 Å². The van der Waals surface area contributed by atoms with Gasteiger partial charge in [0.05, 0.1) is 29.4 Å². The lowest BCUT2D eigenvalue weighted by Crippen LogP contribution is -2.17. The van der Waals surface area contributed by atoms with Crippen LogP contribution in [-0.2, 0) is 19.4 Å². The van der Waals surface area contributed by atoms with Gasteiger partial charge in [-0.2, -0.15) is 0 Å². The molecule has 2 rings (SSSR count). The quantitative estimate of drug-likeness (QED) is 0.801. The lowest BCUT2D eigenvalue weighted by Gasteiger charge is -2.11. The van der Waals surface area contributed by atoms with Crippen molar-refractivity contribution in [2.45, 2.75) is 26.2 Å². The molecular formula is C16H21NO5S. The fourth-order valence-corrected chi connectivity index (χ4v) is 4.54. The van der Waals surface area contributed by atoms with Gasteiger partial charge in [0, 0.05) is 6.42 Å². The van der Waals surface area contributed by atoms with Crippen LogP contribution < -0.4 is 5.32 Å². The molecule has 7 heteroatoms. The first-order valence-corrected chi connectivity index (χ1v) is 9.50. The van der Waals surface area contributed by atoms with Crippen LogP contribution in [0.2, 0.25) is 0 Å². The second kappa shape index (κ2) is 7.59. The number of carbonyl (C=O) groups is 2. The van der Waals surface area contributed by atoms with Gasteiger partial charge in [-0.3, -0.25) is 4.79 Å². The second-order valence-electron chi connectivity index (χ2n) is 5.62. The van der Waals surface area contributed by atoms with E-state index in [2.05, 4.69) is 5.32 Å². The minimum absolute atomic E-state index is 0.0473. The number of hydrogen-bond donors (Lipinski definition) is 1. The minimum Gasteiger partial charge on any atom is -0.462 e. The molecule has 1 saturated heterocycles. The molecule has 0 radical (unpaired) electrons. The highest BCUT2D eigenvalue weighted by Crippen LogP contribution is 2.23. The van der Waals surface area contributed by atoms with E-state index < -0.39 is 15.8 Å². The monoisotopic (exact) mass is 339 g/mol. The van der Waals surface area contributed by atoms with Crippen molar-refractivity contribution in [2.24, 2.45) is 5.92 Å². The number of nitrogens with one attached hydrogen (secondary N) is 1. The van der Waals surface area contributed by atoms with Crippen LogP contribution in [0, 0.1) is 5.92 Å². The fourth-order valence-electron chi connectivity index (χ4n) is 2.63. The summed E-state index contributed by atoms with van der Waals surface area (Å²) >= 11 is 0. The van der Waals surface area contributed by atoms with Gasteiger partial charge in [-0.1, -0.05) is 12.1 Å². The predicted molar refractivity (Wildman–Crippen MR) is 87.0 cm³/mol. The number of esters is 1. The molecule has 1 N–H and O–H groups in total. The van der Waals surface area contributed by atoms with E-state index in [1.165, 1.54) is 0 Å². The minimum atomic E-state index is -2.92. The molecule has 1 atom stereocenters. The Balaban J connectivity index is 1.92. The molecule has 1 aromatic carbocycles. The zero-order valence-electron chi connectivity index (χ0n) is 13.1. The average Bonchev–Trinajstić information content (AvgIpc) is 2.85. The smallest absolute Gasteiger partial charge is 0.340 e. The molecule has 1 aliphatic heterocycles. The number of sulfone groups is 1. The van der Waals surface area contributed by atoms with Crippen LogP contribution in [0.25, 0.3) is 0 Å². The Morgan fingerprint density at radius 2 is 2.04 bits per heavy atom. The third-order valence-electron chi connectivity index (χ3n) is 3.80. The Kier molecular flexibility index (Phi) is 5.76. The number of anilines is 1. The Morgan fingerprint density at radius 3 is 2.70 bits per heavy atom. The first-order valence-electron chi connectivity index (χ1n) is 7.67. The van der Waals surface area contributed by atoms with Crippen molar-refractivity contribution in [1.82, 2.24) is 0 Å². The Bertz CT molecular complexity index is 683. The normalized spacial score (nSPS) is 19.3. The molecule has 1 aliphatic rings. The topological polar surface area (TPSA) is 89.5 Å². The van der Waals surface area contributed by atoms with Crippen LogP contribution in [-0.4, -0.2) is 38.4 Å². The van der Waals surface area contributed by atoms with Gasteiger partial charge in [-0.05, 0) is 37.8 Å². The van der Waals surface area contributed by atoms with Crippen LogP contribution in [0.5, 0.6) is 0 Å².